The van der Waals surface area contributed by atoms with Gasteiger partial charge in [-0.05, 0) is 38.0 Å². The number of hydrogen-bond acceptors (Lipinski definition) is 3. The lowest BCUT2D eigenvalue weighted by molar-refractivity contribution is -0.148. The van der Waals surface area contributed by atoms with Gasteiger partial charge < -0.3 is 14.4 Å². The smallest absolute Gasteiger partial charge is 0.0677 e. The molecule has 2 aliphatic heterocycles. The number of fused-ring (bicyclic) bond motifs is 1. The maximum absolute atomic E-state index is 6.00. The van der Waals surface area contributed by atoms with Crippen molar-refractivity contribution < 1.29 is 9.47 Å². The summed E-state index contributed by atoms with van der Waals surface area (Å²) in [6.45, 7) is 5.57. The summed E-state index contributed by atoms with van der Waals surface area (Å²) in [5.41, 5.74) is 0.292. The number of nitrogens with zero attached hydrogens (tertiary/aromatic N) is 1. The summed E-state index contributed by atoms with van der Waals surface area (Å²) in [6, 6.07) is 0. The predicted octanol–water partition coefficient (Wildman–Crippen LogP) is 1.91. The highest BCUT2D eigenvalue weighted by Gasteiger charge is 2.46. The van der Waals surface area contributed by atoms with Crippen molar-refractivity contribution >= 4 is 0 Å². The molecule has 0 aromatic rings. The number of rotatable bonds is 4. The van der Waals surface area contributed by atoms with E-state index in [-0.39, 0.29) is 0 Å². The van der Waals surface area contributed by atoms with Gasteiger partial charge in [-0.2, -0.15) is 0 Å². The Balaban J connectivity index is 1.66. The van der Waals surface area contributed by atoms with E-state index >= 15 is 0 Å². The summed E-state index contributed by atoms with van der Waals surface area (Å²) in [5.74, 6) is 0.996. The molecule has 2 atom stereocenters. The fraction of sp³-hybridized carbons (Fsp3) is 1.00. The zero-order valence-electron chi connectivity index (χ0n) is 11.0. The van der Waals surface area contributed by atoms with Gasteiger partial charge in [0.1, 0.15) is 0 Å². The van der Waals surface area contributed by atoms with Gasteiger partial charge in [-0.25, -0.2) is 0 Å². The van der Waals surface area contributed by atoms with Gasteiger partial charge in [0.2, 0.25) is 0 Å². The molecule has 0 aromatic carbocycles. The molecule has 0 amide bonds. The van der Waals surface area contributed by atoms with E-state index in [4.69, 9.17) is 9.47 Å². The lowest BCUT2D eigenvalue weighted by Crippen LogP contribution is -2.57. The highest BCUT2D eigenvalue weighted by atomic mass is 16.5. The van der Waals surface area contributed by atoms with Crippen molar-refractivity contribution in [2.45, 2.75) is 38.2 Å². The second kappa shape index (κ2) is 4.87. The van der Waals surface area contributed by atoms with Gasteiger partial charge in [0.05, 0.1) is 12.7 Å². The fourth-order valence-corrected chi connectivity index (χ4v) is 3.70. The van der Waals surface area contributed by atoms with Crippen LogP contribution >= 0.6 is 0 Å². The lowest BCUT2D eigenvalue weighted by Gasteiger charge is -2.50. The molecule has 3 aliphatic rings. The first-order valence-electron chi connectivity index (χ1n) is 7.15. The van der Waals surface area contributed by atoms with Crippen LogP contribution in [0.15, 0.2) is 0 Å². The monoisotopic (exact) mass is 239 g/mol. The van der Waals surface area contributed by atoms with Crippen molar-refractivity contribution in [1.29, 1.82) is 0 Å². The molecule has 0 aromatic heterocycles. The topological polar surface area (TPSA) is 21.7 Å². The van der Waals surface area contributed by atoms with Crippen LogP contribution in [-0.2, 0) is 9.47 Å². The van der Waals surface area contributed by atoms with E-state index in [0.29, 0.717) is 11.5 Å². The second-order valence-electron chi connectivity index (χ2n) is 6.23. The average molecular weight is 239 g/mol. The standard InChI is InChI=1S/C14H25NO2/c1-16-11-14-6-2-8-17-13(14)5-7-15(10-14)9-12-3-4-12/h12-13H,2-11H2,1H3/t13-,14+/m1/s1. The van der Waals surface area contributed by atoms with E-state index < -0.39 is 0 Å². The Kier molecular flexibility index (Phi) is 3.42. The third-order valence-corrected chi connectivity index (χ3v) is 4.71. The fourth-order valence-electron chi connectivity index (χ4n) is 3.70. The van der Waals surface area contributed by atoms with Crippen molar-refractivity contribution in [2.75, 3.05) is 40.0 Å². The molecule has 1 saturated carbocycles. The van der Waals surface area contributed by atoms with Crippen LogP contribution in [0.25, 0.3) is 0 Å². The first-order chi connectivity index (χ1) is 8.32. The molecule has 3 heteroatoms. The summed E-state index contributed by atoms with van der Waals surface area (Å²) in [6.07, 6.45) is 7.05. The van der Waals surface area contributed by atoms with Crippen molar-refractivity contribution in [2.24, 2.45) is 11.3 Å². The summed E-state index contributed by atoms with van der Waals surface area (Å²) < 4.78 is 11.5. The Hall–Kier alpha value is -0.120. The minimum Gasteiger partial charge on any atom is -0.384 e. The maximum Gasteiger partial charge on any atom is 0.0677 e. The van der Waals surface area contributed by atoms with Crippen LogP contribution in [0.1, 0.15) is 32.1 Å². The van der Waals surface area contributed by atoms with Crippen molar-refractivity contribution in [3.63, 3.8) is 0 Å². The molecule has 0 bridgehead atoms. The summed E-state index contributed by atoms with van der Waals surface area (Å²) in [5, 5.41) is 0. The van der Waals surface area contributed by atoms with E-state index in [1.807, 2.05) is 7.11 Å². The van der Waals surface area contributed by atoms with Gasteiger partial charge in [-0.3, -0.25) is 0 Å². The minimum atomic E-state index is 0.292. The summed E-state index contributed by atoms with van der Waals surface area (Å²) in [7, 11) is 1.83. The highest BCUT2D eigenvalue weighted by molar-refractivity contribution is 4.97. The summed E-state index contributed by atoms with van der Waals surface area (Å²) >= 11 is 0. The average Bonchev–Trinajstić information content (AvgIpc) is 3.13. The molecule has 3 rings (SSSR count). The number of likely N-dealkylation sites (tertiary alicyclic amines) is 1. The van der Waals surface area contributed by atoms with Gasteiger partial charge in [0.25, 0.3) is 0 Å². The molecule has 0 radical (unpaired) electrons. The summed E-state index contributed by atoms with van der Waals surface area (Å²) in [4.78, 5) is 2.67. The van der Waals surface area contributed by atoms with Crippen LogP contribution in [0.5, 0.6) is 0 Å². The van der Waals surface area contributed by atoms with Gasteiger partial charge in [0, 0.05) is 38.8 Å². The Morgan fingerprint density at radius 2 is 2.24 bits per heavy atom. The second-order valence-corrected chi connectivity index (χ2v) is 6.23. The molecule has 17 heavy (non-hydrogen) atoms. The van der Waals surface area contributed by atoms with Gasteiger partial charge in [-0.1, -0.05) is 0 Å². The van der Waals surface area contributed by atoms with E-state index in [2.05, 4.69) is 4.90 Å². The van der Waals surface area contributed by atoms with Gasteiger partial charge in [-0.15, -0.1) is 0 Å². The van der Waals surface area contributed by atoms with Gasteiger partial charge in [0.15, 0.2) is 0 Å². The van der Waals surface area contributed by atoms with Crippen LogP contribution in [-0.4, -0.2) is 51.0 Å². The van der Waals surface area contributed by atoms with E-state index in [1.54, 1.807) is 0 Å². The Bertz CT molecular complexity index is 263. The van der Waals surface area contributed by atoms with Crippen molar-refractivity contribution in [3.05, 3.63) is 0 Å². The highest BCUT2D eigenvalue weighted by Crippen LogP contribution is 2.41. The van der Waals surface area contributed by atoms with E-state index in [9.17, 15) is 0 Å². The molecule has 0 N–H and O–H groups in total. The Morgan fingerprint density at radius 1 is 1.35 bits per heavy atom. The van der Waals surface area contributed by atoms with Gasteiger partial charge >= 0.3 is 0 Å². The van der Waals surface area contributed by atoms with Crippen LogP contribution in [0.3, 0.4) is 0 Å². The molecular formula is C14H25NO2. The maximum atomic E-state index is 6.00. The molecule has 1 aliphatic carbocycles. The zero-order chi connectivity index (χ0) is 11.7. The minimum absolute atomic E-state index is 0.292. The number of hydrogen-bond donors (Lipinski definition) is 0. The molecule has 0 unspecified atom stereocenters. The number of piperidine rings is 1. The number of methoxy groups -OCH3 is 1. The third kappa shape index (κ3) is 2.51. The molecule has 2 heterocycles. The van der Waals surface area contributed by atoms with Crippen LogP contribution in [0.4, 0.5) is 0 Å². The molecule has 3 nitrogen and oxygen atoms in total. The Labute approximate surface area is 104 Å². The lowest BCUT2D eigenvalue weighted by atomic mass is 9.73. The largest absolute Gasteiger partial charge is 0.384 e. The SMILES string of the molecule is COC[C@@]12CCCO[C@@H]1CCN(CC1CC1)C2. The molecule has 2 saturated heterocycles. The van der Waals surface area contributed by atoms with Crippen LogP contribution < -0.4 is 0 Å². The van der Waals surface area contributed by atoms with Crippen molar-refractivity contribution in [3.8, 4) is 0 Å². The quantitative estimate of drug-likeness (QED) is 0.748. The predicted molar refractivity (Wildman–Crippen MR) is 67.1 cm³/mol. The van der Waals surface area contributed by atoms with E-state index in [1.165, 1.54) is 51.7 Å². The Morgan fingerprint density at radius 3 is 3.00 bits per heavy atom. The van der Waals surface area contributed by atoms with Crippen LogP contribution in [0.2, 0.25) is 0 Å². The first-order valence-corrected chi connectivity index (χ1v) is 7.15. The molecule has 3 fully saturated rings. The third-order valence-electron chi connectivity index (χ3n) is 4.71. The van der Waals surface area contributed by atoms with Crippen molar-refractivity contribution in [1.82, 2.24) is 4.90 Å². The van der Waals surface area contributed by atoms with Crippen LogP contribution in [0, 0.1) is 11.3 Å². The number of ether oxygens (including phenoxy) is 2. The first kappa shape index (κ1) is 11.9. The normalized spacial score (nSPS) is 39.0. The molecule has 98 valence electrons. The zero-order valence-corrected chi connectivity index (χ0v) is 11.0. The molecular weight excluding hydrogens is 214 g/mol. The van der Waals surface area contributed by atoms with E-state index in [0.717, 1.165) is 19.1 Å². The molecule has 0 spiro atoms.